The summed E-state index contributed by atoms with van der Waals surface area (Å²) in [6, 6.07) is 26.6. The predicted octanol–water partition coefficient (Wildman–Crippen LogP) is 5.45. The van der Waals surface area contributed by atoms with Crippen molar-refractivity contribution in [2.75, 3.05) is 0 Å². The molecule has 3 heteroatoms. The Balaban J connectivity index is 0.000000184. The van der Waals surface area contributed by atoms with Gasteiger partial charge in [0.15, 0.2) is 5.78 Å². The van der Waals surface area contributed by atoms with Gasteiger partial charge in [-0.1, -0.05) is 103 Å². The summed E-state index contributed by atoms with van der Waals surface area (Å²) in [6.45, 7) is 0. The lowest BCUT2D eigenvalue weighted by Crippen LogP contribution is -2.15. The molecular formula is C27H20O3. The number of carbonyl (C=O) groups excluding carboxylic acids is 3. The van der Waals surface area contributed by atoms with Crippen LogP contribution in [0, 0.1) is 0 Å². The van der Waals surface area contributed by atoms with Crippen molar-refractivity contribution < 1.29 is 14.4 Å². The largest absolute Gasteiger partial charge is 0.290 e. The van der Waals surface area contributed by atoms with Gasteiger partial charge in [0.05, 0.1) is 0 Å². The van der Waals surface area contributed by atoms with E-state index in [4.69, 9.17) is 0 Å². The monoisotopic (exact) mass is 392 g/mol. The first-order chi connectivity index (χ1) is 14.6. The number of hydrogen-bond acceptors (Lipinski definition) is 3. The summed E-state index contributed by atoms with van der Waals surface area (Å²) in [7, 11) is 0. The fourth-order valence-electron chi connectivity index (χ4n) is 2.76. The van der Waals surface area contributed by atoms with Crippen LogP contribution in [0.4, 0.5) is 0 Å². The molecule has 1 aliphatic carbocycles. The first-order valence-electron chi connectivity index (χ1n) is 9.49. The molecule has 0 bridgehead atoms. The van der Waals surface area contributed by atoms with Crippen molar-refractivity contribution in [1.29, 1.82) is 0 Å². The third-order valence-electron chi connectivity index (χ3n) is 4.32. The molecule has 0 unspecified atom stereocenters. The number of Topliss-reactive ketones (excluding diaryl/α,β-unsaturated/α-hetero) is 1. The van der Waals surface area contributed by atoms with Crippen molar-refractivity contribution in [3.05, 3.63) is 125 Å². The van der Waals surface area contributed by atoms with Crippen molar-refractivity contribution in [2.45, 2.75) is 0 Å². The van der Waals surface area contributed by atoms with E-state index in [1.807, 2.05) is 84.9 Å². The topological polar surface area (TPSA) is 51.2 Å². The van der Waals surface area contributed by atoms with Gasteiger partial charge in [-0.3, -0.25) is 14.4 Å². The number of hydrogen-bond donors (Lipinski definition) is 0. The third kappa shape index (κ3) is 5.94. The van der Waals surface area contributed by atoms with Crippen LogP contribution in [0.5, 0.6) is 0 Å². The average molecular weight is 392 g/mol. The molecule has 146 valence electrons. The van der Waals surface area contributed by atoms with Gasteiger partial charge in [0.1, 0.15) is 0 Å². The summed E-state index contributed by atoms with van der Waals surface area (Å²) in [6.07, 6.45) is 9.77. The Hall–Kier alpha value is -4.11. The Kier molecular flexibility index (Phi) is 7.17. The van der Waals surface area contributed by atoms with Gasteiger partial charge in [-0.05, 0) is 34.9 Å². The van der Waals surface area contributed by atoms with Crippen LogP contribution in [0.3, 0.4) is 0 Å². The Morgan fingerprint density at radius 2 is 1.10 bits per heavy atom. The molecule has 4 rings (SSSR count). The summed E-state index contributed by atoms with van der Waals surface area (Å²) in [5.41, 5.74) is 3.38. The summed E-state index contributed by atoms with van der Waals surface area (Å²) < 4.78 is 0. The van der Waals surface area contributed by atoms with E-state index in [2.05, 4.69) is 0 Å². The van der Waals surface area contributed by atoms with Crippen molar-refractivity contribution >= 4 is 35.6 Å². The Bertz CT molecular complexity index is 1070. The van der Waals surface area contributed by atoms with Gasteiger partial charge in [0.25, 0.3) is 0 Å². The minimum Gasteiger partial charge on any atom is -0.290 e. The standard InChI is InChI=1S/C17H14O.C10H6O2/c18-17(13-11-15-7-3-1-4-8-15)14-12-16-9-5-2-6-10-16;11-9-6-5-7-3-1-2-4-8(7)10(9)12/h1-14H;1-6H. The molecule has 0 saturated heterocycles. The Morgan fingerprint density at radius 1 is 0.600 bits per heavy atom. The van der Waals surface area contributed by atoms with Gasteiger partial charge in [-0.2, -0.15) is 0 Å². The molecule has 3 aromatic rings. The van der Waals surface area contributed by atoms with Gasteiger partial charge < -0.3 is 0 Å². The smallest absolute Gasteiger partial charge is 0.233 e. The average Bonchev–Trinajstić information content (AvgIpc) is 2.81. The summed E-state index contributed by atoms with van der Waals surface area (Å²) in [5.74, 6) is -0.857. The second kappa shape index (κ2) is 10.4. The molecule has 0 spiro atoms. The molecule has 0 amide bonds. The van der Waals surface area contributed by atoms with Crippen LogP contribution in [0.25, 0.3) is 18.2 Å². The molecule has 0 aromatic heterocycles. The molecule has 0 aliphatic heterocycles. The zero-order chi connectivity index (χ0) is 21.2. The summed E-state index contributed by atoms with van der Waals surface area (Å²) >= 11 is 0. The quantitative estimate of drug-likeness (QED) is 0.438. The van der Waals surface area contributed by atoms with Crippen LogP contribution < -0.4 is 0 Å². The highest BCUT2D eigenvalue weighted by Gasteiger charge is 2.19. The van der Waals surface area contributed by atoms with E-state index in [1.54, 1.807) is 30.4 Å². The van der Waals surface area contributed by atoms with Crippen LogP contribution >= 0.6 is 0 Å². The molecule has 0 atom stereocenters. The number of rotatable bonds is 4. The number of benzene rings is 3. The van der Waals surface area contributed by atoms with E-state index in [-0.39, 0.29) is 5.78 Å². The molecule has 30 heavy (non-hydrogen) atoms. The lowest BCUT2D eigenvalue weighted by Gasteiger charge is -2.06. The minimum absolute atomic E-state index is 0.0114. The SMILES string of the molecule is O=C(C=Cc1ccccc1)C=Cc1ccccc1.O=C1C=Cc2ccccc2C1=O. The van der Waals surface area contributed by atoms with Crippen LogP contribution in [-0.2, 0) is 9.59 Å². The molecule has 1 aliphatic rings. The molecule has 0 saturated carbocycles. The lowest BCUT2D eigenvalue weighted by molar-refractivity contribution is -0.111. The van der Waals surface area contributed by atoms with Gasteiger partial charge in [0.2, 0.25) is 11.6 Å². The zero-order valence-corrected chi connectivity index (χ0v) is 16.3. The summed E-state index contributed by atoms with van der Waals surface area (Å²) in [5, 5.41) is 0. The van der Waals surface area contributed by atoms with E-state index >= 15 is 0 Å². The van der Waals surface area contributed by atoms with Crippen molar-refractivity contribution in [1.82, 2.24) is 0 Å². The van der Waals surface area contributed by atoms with Gasteiger partial charge >= 0.3 is 0 Å². The number of allylic oxidation sites excluding steroid dienone is 3. The van der Waals surface area contributed by atoms with Gasteiger partial charge in [0, 0.05) is 5.56 Å². The second-order valence-corrected chi connectivity index (χ2v) is 6.50. The van der Waals surface area contributed by atoms with Gasteiger partial charge in [-0.25, -0.2) is 0 Å². The first-order valence-corrected chi connectivity index (χ1v) is 9.49. The van der Waals surface area contributed by atoms with Crippen LogP contribution in [0.2, 0.25) is 0 Å². The number of fused-ring (bicyclic) bond motifs is 1. The van der Waals surface area contributed by atoms with Crippen molar-refractivity contribution in [3.63, 3.8) is 0 Å². The van der Waals surface area contributed by atoms with Crippen LogP contribution in [-0.4, -0.2) is 17.3 Å². The maximum atomic E-state index is 11.6. The number of carbonyl (C=O) groups is 3. The van der Waals surface area contributed by atoms with E-state index in [9.17, 15) is 14.4 Å². The highest BCUT2D eigenvalue weighted by atomic mass is 16.2. The first kappa shape index (κ1) is 20.6. The lowest BCUT2D eigenvalue weighted by atomic mass is 9.96. The highest BCUT2D eigenvalue weighted by molar-refractivity contribution is 6.49. The molecule has 3 aromatic carbocycles. The fourth-order valence-corrected chi connectivity index (χ4v) is 2.76. The zero-order valence-electron chi connectivity index (χ0n) is 16.3. The van der Waals surface area contributed by atoms with Crippen LogP contribution in [0.1, 0.15) is 27.0 Å². The molecular weight excluding hydrogens is 372 g/mol. The Morgan fingerprint density at radius 3 is 1.67 bits per heavy atom. The van der Waals surface area contributed by atoms with Gasteiger partial charge in [-0.15, -0.1) is 0 Å². The number of ketones is 3. The fraction of sp³-hybridized carbons (Fsp3) is 0. The maximum absolute atomic E-state index is 11.6. The van der Waals surface area contributed by atoms with E-state index in [1.165, 1.54) is 6.08 Å². The maximum Gasteiger partial charge on any atom is 0.233 e. The second-order valence-electron chi connectivity index (χ2n) is 6.50. The molecule has 0 radical (unpaired) electrons. The third-order valence-corrected chi connectivity index (χ3v) is 4.32. The molecule has 0 fully saturated rings. The van der Waals surface area contributed by atoms with E-state index in [0.717, 1.165) is 16.7 Å². The minimum atomic E-state index is -0.436. The molecule has 3 nitrogen and oxygen atoms in total. The summed E-state index contributed by atoms with van der Waals surface area (Å²) in [4.78, 5) is 33.8. The van der Waals surface area contributed by atoms with E-state index in [0.29, 0.717) is 5.56 Å². The van der Waals surface area contributed by atoms with Crippen molar-refractivity contribution in [3.8, 4) is 0 Å². The Labute approximate surface area is 175 Å². The van der Waals surface area contributed by atoms with Crippen molar-refractivity contribution in [2.24, 2.45) is 0 Å². The highest BCUT2D eigenvalue weighted by Crippen LogP contribution is 2.16. The molecule has 0 heterocycles. The predicted molar refractivity (Wildman–Crippen MR) is 121 cm³/mol. The van der Waals surface area contributed by atoms with Crippen LogP contribution in [0.15, 0.2) is 103 Å². The molecule has 0 N–H and O–H groups in total. The van der Waals surface area contributed by atoms with E-state index < -0.39 is 11.6 Å². The normalized spacial score (nSPS) is 12.5.